The summed E-state index contributed by atoms with van der Waals surface area (Å²) >= 11 is 1.66. The van der Waals surface area contributed by atoms with Gasteiger partial charge in [-0.15, -0.1) is 11.8 Å². The zero-order chi connectivity index (χ0) is 12.5. The molecule has 0 unspecified atom stereocenters. The van der Waals surface area contributed by atoms with E-state index >= 15 is 0 Å². The Morgan fingerprint density at radius 3 is 2.94 bits per heavy atom. The van der Waals surface area contributed by atoms with Crippen molar-refractivity contribution in [3.63, 3.8) is 0 Å². The van der Waals surface area contributed by atoms with E-state index in [0.29, 0.717) is 6.61 Å². The van der Waals surface area contributed by atoms with Gasteiger partial charge in [-0.05, 0) is 24.2 Å². The molecule has 0 aromatic heterocycles. The van der Waals surface area contributed by atoms with E-state index in [9.17, 15) is 0 Å². The first-order valence-electron chi connectivity index (χ1n) is 5.67. The van der Waals surface area contributed by atoms with Crippen molar-refractivity contribution in [2.45, 2.75) is 18.4 Å². The van der Waals surface area contributed by atoms with Crippen LogP contribution in [-0.2, 0) is 11.3 Å². The van der Waals surface area contributed by atoms with Crippen molar-refractivity contribution in [3.8, 4) is 6.07 Å². The molecule has 0 saturated carbocycles. The van der Waals surface area contributed by atoms with Crippen LogP contribution in [0.5, 0.6) is 0 Å². The van der Waals surface area contributed by atoms with Crippen LogP contribution in [-0.4, -0.2) is 26.0 Å². The molecule has 3 nitrogen and oxygen atoms in total. The lowest BCUT2D eigenvalue weighted by Crippen LogP contribution is -2.11. The number of hydrogen-bond donors (Lipinski definition) is 1. The fourth-order valence-corrected chi connectivity index (χ4v) is 2.30. The van der Waals surface area contributed by atoms with Crippen molar-refractivity contribution in [1.82, 2.24) is 5.32 Å². The molecular weight excluding hydrogens is 232 g/mol. The fraction of sp³-hybridized carbons (Fsp3) is 0.462. The molecule has 0 aliphatic rings. The van der Waals surface area contributed by atoms with Crippen molar-refractivity contribution in [1.29, 1.82) is 5.26 Å². The molecule has 0 fully saturated rings. The molecule has 0 heterocycles. The van der Waals surface area contributed by atoms with E-state index < -0.39 is 0 Å². The summed E-state index contributed by atoms with van der Waals surface area (Å²) in [5.41, 5.74) is 1.90. The summed E-state index contributed by atoms with van der Waals surface area (Å²) in [6.45, 7) is 4.52. The first-order chi connectivity index (χ1) is 8.31. The van der Waals surface area contributed by atoms with Gasteiger partial charge in [0, 0.05) is 24.3 Å². The Bertz CT molecular complexity index is 387. The fourth-order valence-electron chi connectivity index (χ4n) is 1.40. The lowest BCUT2D eigenvalue weighted by atomic mass is 10.1. The average Bonchev–Trinajstić information content (AvgIpc) is 2.37. The van der Waals surface area contributed by atoms with Gasteiger partial charge in [0.05, 0.1) is 12.2 Å². The van der Waals surface area contributed by atoms with Crippen LogP contribution >= 0.6 is 11.8 Å². The second-order valence-corrected chi connectivity index (χ2v) is 4.70. The molecule has 0 amide bonds. The van der Waals surface area contributed by atoms with Gasteiger partial charge in [-0.3, -0.25) is 0 Å². The number of ether oxygens (including phenoxy) is 1. The minimum atomic E-state index is 0.703. The molecule has 0 bridgehead atoms. The van der Waals surface area contributed by atoms with Crippen LogP contribution in [0, 0.1) is 11.3 Å². The highest BCUT2D eigenvalue weighted by atomic mass is 32.2. The lowest BCUT2D eigenvalue weighted by Gasteiger charge is -2.07. The SMILES string of the molecule is CCNCc1ccc(SCCOC)c(C#N)c1. The van der Waals surface area contributed by atoms with Gasteiger partial charge in [0.2, 0.25) is 0 Å². The maximum atomic E-state index is 9.11. The standard InChI is InChI=1S/C13H18N2OS/c1-3-15-10-11-4-5-13(12(8-11)9-14)17-7-6-16-2/h4-5,8,15H,3,6-7,10H2,1-2H3. The molecule has 0 aliphatic carbocycles. The quantitative estimate of drug-likeness (QED) is 0.596. The van der Waals surface area contributed by atoms with Gasteiger partial charge in [0.15, 0.2) is 0 Å². The minimum Gasteiger partial charge on any atom is -0.384 e. The predicted molar refractivity (Wildman–Crippen MR) is 71.1 cm³/mol. The molecule has 1 rings (SSSR count). The zero-order valence-corrected chi connectivity index (χ0v) is 11.1. The highest BCUT2D eigenvalue weighted by Gasteiger charge is 2.04. The van der Waals surface area contributed by atoms with Crippen LogP contribution < -0.4 is 5.32 Å². The van der Waals surface area contributed by atoms with Crippen molar-refractivity contribution < 1.29 is 4.74 Å². The third kappa shape index (κ3) is 4.78. The van der Waals surface area contributed by atoms with Crippen LogP contribution in [0.2, 0.25) is 0 Å². The van der Waals surface area contributed by atoms with E-state index in [1.54, 1.807) is 18.9 Å². The number of hydrogen-bond acceptors (Lipinski definition) is 4. The largest absolute Gasteiger partial charge is 0.384 e. The molecule has 0 aliphatic heterocycles. The molecule has 1 N–H and O–H groups in total. The average molecular weight is 250 g/mol. The van der Waals surface area contributed by atoms with E-state index in [-0.39, 0.29) is 0 Å². The Morgan fingerprint density at radius 1 is 1.47 bits per heavy atom. The summed E-state index contributed by atoms with van der Waals surface area (Å²) < 4.78 is 5.00. The molecule has 0 radical (unpaired) electrons. The van der Waals surface area contributed by atoms with Gasteiger partial charge in [-0.25, -0.2) is 0 Å². The highest BCUT2D eigenvalue weighted by Crippen LogP contribution is 2.23. The van der Waals surface area contributed by atoms with Gasteiger partial charge in [0.25, 0.3) is 0 Å². The van der Waals surface area contributed by atoms with E-state index in [1.807, 2.05) is 12.1 Å². The normalized spacial score (nSPS) is 10.2. The molecule has 0 atom stereocenters. The predicted octanol–water partition coefficient (Wildman–Crippen LogP) is 2.41. The van der Waals surface area contributed by atoms with Crippen LogP contribution in [0.4, 0.5) is 0 Å². The van der Waals surface area contributed by atoms with Crippen molar-refractivity contribution in [2.24, 2.45) is 0 Å². The van der Waals surface area contributed by atoms with Crippen LogP contribution in [0.25, 0.3) is 0 Å². The number of nitriles is 1. The van der Waals surface area contributed by atoms with E-state index in [4.69, 9.17) is 10.00 Å². The van der Waals surface area contributed by atoms with E-state index in [0.717, 1.165) is 34.9 Å². The van der Waals surface area contributed by atoms with E-state index in [2.05, 4.69) is 24.4 Å². The third-order valence-electron chi connectivity index (χ3n) is 2.29. The van der Waals surface area contributed by atoms with Gasteiger partial charge in [-0.1, -0.05) is 13.0 Å². The molecule has 92 valence electrons. The second kappa shape index (κ2) is 8.13. The van der Waals surface area contributed by atoms with E-state index in [1.165, 1.54) is 0 Å². The number of methoxy groups -OCH3 is 1. The van der Waals surface area contributed by atoms with Gasteiger partial charge >= 0.3 is 0 Å². The number of rotatable bonds is 7. The van der Waals surface area contributed by atoms with Gasteiger partial charge in [0.1, 0.15) is 6.07 Å². The molecule has 0 spiro atoms. The number of benzene rings is 1. The van der Waals surface area contributed by atoms with Crippen LogP contribution in [0.1, 0.15) is 18.1 Å². The minimum absolute atomic E-state index is 0.703. The smallest absolute Gasteiger partial charge is 0.100 e. The van der Waals surface area contributed by atoms with Crippen molar-refractivity contribution in [3.05, 3.63) is 29.3 Å². The highest BCUT2D eigenvalue weighted by molar-refractivity contribution is 7.99. The molecular formula is C13H18N2OS. The second-order valence-electron chi connectivity index (χ2n) is 3.56. The number of nitrogens with zero attached hydrogens (tertiary/aromatic N) is 1. The first kappa shape index (κ1) is 14.0. The maximum absolute atomic E-state index is 9.11. The molecule has 4 heteroatoms. The lowest BCUT2D eigenvalue weighted by molar-refractivity contribution is 0.218. The summed E-state index contributed by atoms with van der Waals surface area (Å²) in [5.74, 6) is 0.873. The Labute approximate surface area is 107 Å². The Kier molecular flexibility index (Phi) is 6.71. The van der Waals surface area contributed by atoms with Crippen molar-refractivity contribution >= 4 is 11.8 Å². The third-order valence-corrected chi connectivity index (χ3v) is 3.33. The summed E-state index contributed by atoms with van der Waals surface area (Å²) in [4.78, 5) is 1.03. The molecule has 0 saturated heterocycles. The number of nitrogens with one attached hydrogen (secondary N) is 1. The van der Waals surface area contributed by atoms with Crippen LogP contribution in [0.3, 0.4) is 0 Å². The Balaban J connectivity index is 2.68. The Morgan fingerprint density at radius 2 is 2.29 bits per heavy atom. The summed E-state index contributed by atoms with van der Waals surface area (Å²) in [7, 11) is 1.69. The first-order valence-corrected chi connectivity index (χ1v) is 6.65. The zero-order valence-electron chi connectivity index (χ0n) is 10.3. The van der Waals surface area contributed by atoms with Crippen LogP contribution in [0.15, 0.2) is 23.1 Å². The monoisotopic (exact) mass is 250 g/mol. The summed E-state index contributed by atoms with van der Waals surface area (Å²) in [6, 6.07) is 8.29. The maximum Gasteiger partial charge on any atom is 0.100 e. The summed E-state index contributed by atoms with van der Waals surface area (Å²) in [6.07, 6.45) is 0. The molecule has 1 aromatic rings. The summed E-state index contributed by atoms with van der Waals surface area (Å²) in [5, 5.41) is 12.4. The molecule has 1 aromatic carbocycles. The van der Waals surface area contributed by atoms with Gasteiger partial charge in [-0.2, -0.15) is 5.26 Å². The Hall–Kier alpha value is -1.02. The topological polar surface area (TPSA) is 45.0 Å². The van der Waals surface area contributed by atoms with Crippen molar-refractivity contribution in [2.75, 3.05) is 26.0 Å². The van der Waals surface area contributed by atoms with Gasteiger partial charge < -0.3 is 10.1 Å². The number of thioether (sulfide) groups is 1. The molecule has 17 heavy (non-hydrogen) atoms.